The van der Waals surface area contributed by atoms with Gasteiger partial charge in [0.25, 0.3) is 0 Å². The molecule has 0 atom stereocenters. The second-order valence-corrected chi connectivity index (χ2v) is 10.4. The molecule has 31 heavy (non-hydrogen) atoms. The standard InChI is InChI=1S/C23H27N3O2S3/c1-28-17-5-7-18(8-6-17)30-15-3-4-22(27)25-11-13-26(14-12-25)23-24-20-10-9-19(29-2)16-21(20)31-23/h5-10,16H,3-4,11-15H2,1-2H3. The summed E-state index contributed by atoms with van der Waals surface area (Å²) in [6, 6.07) is 14.5. The smallest absolute Gasteiger partial charge is 0.222 e. The number of amides is 1. The molecule has 8 heteroatoms. The Hall–Kier alpha value is -1.90. The lowest BCUT2D eigenvalue weighted by molar-refractivity contribution is -0.131. The van der Waals surface area contributed by atoms with Crippen LogP contribution in [0.3, 0.4) is 0 Å². The van der Waals surface area contributed by atoms with Gasteiger partial charge in [0, 0.05) is 42.4 Å². The van der Waals surface area contributed by atoms with Gasteiger partial charge in [-0.2, -0.15) is 0 Å². The number of rotatable bonds is 8. The van der Waals surface area contributed by atoms with E-state index in [1.807, 2.05) is 17.0 Å². The molecule has 1 aliphatic rings. The van der Waals surface area contributed by atoms with Crippen LogP contribution in [-0.2, 0) is 4.79 Å². The number of ether oxygens (including phenoxy) is 1. The van der Waals surface area contributed by atoms with E-state index >= 15 is 0 Å². The average molecular weight is 474 g/mol. The van der Waals surface area contributed by atoms with Gasteiger partial charge in [-0.25, -0.2) is 4.98 Å². The molecular weight excluding hydrogens is 446 g/mol. The zero-order valence-electron chi connectivity index (χ0n) is 17.9. The van der Waals surface area contributed by atoms with Crippen LogP contribution in [0.5, 0.6) is 5.75 Å². The van der Waals surface area contributed by atoms with E-state index in [0.717, 1.165) is 54.8 Å². The van der Waals surface area contributed by atoms with Crippen LogP contribution in [0.2, 0.25) is 0 Å². The van der Waals surface area contributed by atoms with Crippen molar-refractivity contribution in [3.8, 4) is 5.75 Å². The number of anilines is 1. The highest BCUT2D eigenvalue weighted by Crippen LogP contribution is 2.32. The van der Waals surface area contributed by atoms with Crippen molar-refractivity contribution in [1.82, 2.24) is 9.88 Å². The third-order valence-electron chi connectivity index (χ3n) is 5.35. The number of thioether (sulfide) groups is 2. The van der Waals surface area contributed by atoms with Crippen LogP contribution in [0.1, 0.15) is 12.8 Å². The largest absolute Gasteiger partial charge is 0.497 e. The van der Waals surface area contributed by atoms with Gasteiger partial charge in [-0.1, -0.05) is 11.3 Å². The lowest BCUT2D eigenvalue weighted by Crippen LogP contribution is -2.48. The van der Waals surface area contributed by atoms with E-state index in [4.69, 9.17) is 9.72 Å². The zero-order valence-corrected chi connectivity index (χ0v) is 20.3. The van der Waals surface area contributed by atoms with Gasteiger partial charge in [-0.3, -0.25) is 4.79 Å². The van der Waals surface area contributed by atoms with Gasteiger partial charge in [-0.05, 0) is 60.9 Å². The Labute approximate surface area is 196 Å². The van der Waals surface area contributed by atoms with Crippen molar-refractivity contribution in [2.45, 2.75) is 22.6 Å². The van der Waals surface area contributed by atoms with Crippen molar-refractivity contribution in [3.63, 3.8) is 0 Å². The first-order valence-electron chi connectivity index (χ1n) is 10.4. The lowest BCUT2D eigenvalue weighted by Gasteiger charge is -2.34. The normalized spacial score (nSPS) is 14.3. The Morgan fingerprint density at radius 2 is 1.84 bits per heavy atom. The van der Waals surface area contributed by atoms with Crippen LogP contribution in [0.4, 0.5) is 5.13 Å². The summed E-state index contributed by atoms with van der Waals surface area (Å²) >= 11 is 5.29. The fourth-order valence-electron chi connectivity index (χ4n) is 3.55. The highest BCUT2D eigenvalue weighted by Gasteiger charge is 2.22. The molecule has 5 nitrogen and oxygen atoms in total. The molecule has 1 aromatic heterocycles. The molecule has 1 aliphatic heterocycles. The second kappa shape index (κ2) is 10.6. The summed E-state index contributed by atoms with van der Waals surface area (Å²) in [5.74, 6) is 2.08. The average Bonchev–Trinajstić information content (AvgIpc) is 3.25. The zero-order chi connectivity index (χ0) is 21.6. The van der Waals surface area contributed by atoms with E-state index in [-0.39, 0.29) is 5.91 Å². The predicted octanol–water partition coefficient (Wildman–Crippen LogP) is 5.25. The highest BCUT2D eigenvalue weighted by atomic mass is 32.2. The SMILES string of the molecule is COc1ccc(SCCCC(=O)N2CCN(c3nc4ccc(SC)cc4s3)CC2)cc1. The lowest BCUT2D eigenvalue weighted by atomic mass is 10.2. The van der Waals surface area contributed by atoms with Crippen LogP contribution in [0.25, 0.3) is 10.2 Å². The van der Waals surface area contributed by atoms with Gasteiger partial charge in [0.1, 0.15) is 5.75 Å². The molecule has 0 radical (unpaired) electrons. The van der Waals surface area contributed by atoms with Crippen molar-refractivity contribution in [2.75, 3.05) is 50.2 Å². The third kappa shape index (κ3) is 5.67. The van der Waals surface area contributed by atoms with E-state index < -0.39 is 0 Å². The molecule has 1 fully saturated rings. The van der Waals surface area contributed by atoms with Gasteiger partial charge in [0.2, 0.25) is 5.91 Å². The predicted molar refractivity (Wildman–Crippen MR) is 133 cm³/mol. The number of carbonyl (C=O) groups is 1. The van der Waals surface area contributed by atoms with Crippen molar-refractivity contribution in [3.05, 3.63) is 42.5 Å². The maximum atomic E-state index is 12.6. The van der Waals surface area contributed by atoms with Crippen LogP contribution in [0, 0.1) is 0 Å². The molecule has 0 unspecified atom stereocenters. The van der Waals surface area contributed by atoms with Gasteiger partial charge < -0.3 is 14.5 Å². The molecule has 1 saturated heterocycles. The van der Waals surface area contributed by atoms with Crippen molar-refractivity contribution in [2.24, 2.45) is 0 Å². The number of carbonyl (C=O) groups excluding carboxylic acids is 1. The van der Waals surface area contributed by atoms with E-state index in [1.54, 1.807) is 42.0 Å². The number of nitrogens with zero attached hydrogens (tertiary/aromatic N) is 3. The van der Waals surface area contributed by atoms with Crippen LogP contribution in [-0.4, -0.2) is 61.1 Å². The van der Waals surface area contributed by atoms with Crippen molar-refractivity contribution >= 4 is 56.1 Å². The van der Waals surface area contributed by atoms with Gasteiger partial charge in [-0.15, -0.1) is 23.5 Å². The maximum Gasteiger partial charge on any atom is 0.222 e. The first kappa shape index (κ1) is 22.3. The van der Waals surface area contributed by atoms with Crippen molar-refractivity contribution < 1.29 is 9.53 Å². The molecule has 0 aliphatic carbocycles. The molecule has 1 amide bonds. The fourth-order valence-corrected chi connectivity index (χ4v) is 5.97. The number of thiazole rings is 1. The molecule has 3 aromatic rings. The van der Waals surface area contributed by atoms with Crippen LogP contribution >= 0.6 is 34.9 Å². The van der Waals surface area contributed by atoms with E-state index in [9.17, 15) is 4.79 Å². The molecular formula is C23H27N3O2S3. The maximum absolute atomic E-state index is 12.6. The molecule has 2 heterocycles. The summed E-state index contributed by atoms with van der Waals surface area (Å²) in [6.45, 7) is 3.25. The number of benzene rings is 2. The first-order valence-corrected chi connectivity index (χ1v) is 13.4. The molecule has 164 valence electrons. The number of fused-ring (bicyclic) bond motifs is 1. The molecule has 0 saturated carbocycles. The molecule has 4 rings (SSSR count). The summed E-state index contributed by atoms with van der Waals surface area (Å²) in [6.07, 6.45) is 3.60. The summed E-state index contributed by atoms with van der Waals surface area (Å²) in [5, 5.41) is 1.07. The summed E-state index contributed by atoms with van der Waals surface area (Å²) < 4.78 is 6.42. The Bertz CT molecular complexity index is 1010. The van der Waals surface area contributed by atoms with Crippen molar-refractivity contribution in [1.29, 1.82) is 0 Å². The minimum Gasteiger partial charge on any atom is -0.497 e. The van der Waals surface area contributed by atoms with Gasteiger partial charge in [0.15, 0.2) is 5.13 Å². The minimum atomic E-state index is 0.267. The third-order valence-corrected chi connectivity index (χ3v) is 8.25. The van der Waals surface area contributed by atoms with E-state index in [1.165, 1.54) is 14.5 Å². The Kier molecular flexibility index (Phi) is 7.63. The highest BCUT2D eigenvalue weighted by molar-refractivity contribution is 7.99. The Morgan fingerprint density at radius 3 is 2.55 bits per heavy atom. The van der Waals surface area contributed by atoms with Crippen LogP contribution in [0.15, 0.2) is 52.3 Å². The first-order chi connectivity index (χ1) is 15.2. The Balaban J connectivity index is 1.21. The second-order valence-electron chi connectivity index (χ2n) is 7.33. The molecule has 0 bridgehead atoms. The topological polar surface area (TPSA) is 45.7 Å². The minimum absolute atomic E-state index is 0.267. The number of hydrogen-bond donors (Lipinski definition) is 0. The fraction of sp³-hybridized carbons (Fsp3) is 0.391. The summed E-state index contributed by atoms with van der Waals surface area (Å²) in [7, 11) is 1.67. The molecule has 2 aromatic carbocycles. The monoisotopic (exact) mass is 473 g/mol. The number of hydrogen-bond acceptors (Lipinski definition) is 7. The number of methoxy groups -OCH3 is 1. The quantitative estimate of drug-likeness (QED) is 0.329. The number of aromatic nitrogens is 1. The van der Waals surface area contributed by atoms with E-state index in [0.29, 0.717) is 6.42 Å². The van der Waals surface area contributed by atoms with E-state index in [2.05, 4.69) is 41.5 Å². The molecule has 0 N–H and O–H groups in total. The molecule has 0 spiro atoms. The number of piperazine rings is 1. The van der Waals surface area contributed by atoms with Gasteiger partial charge in [0.05, 0.1) is 17.3 Å². The summed E-state index contributed by atoms with van der Waals surface area (Å²) in [5.41, 5.74) is 1.06. The van der Waals surface area contributed by atoms with Gasteiger partial charge >= 0.3 is 0 Å². The van der Waals surface area contributed by atoms with Crippen LogP contribution < -0.4 is 9.64 Å². The summed E-state index contributed by atoms with van der Waals surface area (Å²) in [4.78, 5) is 24.2. The Morgan fingerprint density at radius 1 is 1.10 bits per heavy atom.